The van der Waals surface area contributed by atoms with Gasteiger partial charge in [0.15, 0.2) is 0 Å². The number of aromatic nitrogens is 2. The van der Waals surface area contributed by atoms with Crippen LogP contribution >= 0.6 is 0 Å². The number of nitrogens with zero attached hydrogens (tertiary/aromatic N) is 2. The number of nitrogens with two attached hydrogens (primary N) is 1. The fourth-order valence-electron chi connectivity index (χ4n) is 2.95. The molecule has 0 amide bonds. The van der Waals surface area contributed by atoms with Gasteiger partial charge < -0.3 is 10.3 Å². The molecule has 20 heavy (non-hydrogen) atoms. The van der Waals surface area contributed by atoms with E-state index in [1.807, 2.05) is 24.3 Å². The Bertz CT molecular complexity index is 558. The van der Waals surface area contributed by atoms with Crippen LogP contribution in [0.25, 0.3) is 11.4 Å². The van der Waals surface area contributed by atoms with Gasteiger partial charge in [0.2, 0.25) is 11.7 Å². The molecule has 4 nitrogen and oxygen atoms in total. The Hall–Kier alpha value is -1.84. The van der Waals surface area contributed by atoms with Crippen molar-refractivity contribution < 1.29 is 4.52 Å². The van der Waals surface area contributed by atoms with Gasteiger partial charge in [0.25, 0.3) is 0 Å². The van der Waals surface area contributed by atoms with Crippen LogP contribution < -0.4 is 5.73 Å². The van der Waals surface area contributed by atoms with Gasteiger partial charge in [-0.1, -0.05) is 49.4 Å². The molecule has 0 atom stereocenters. The summed E-state index contributed by atoms with van der Waals surface area (Å²) < 4.78 is 5.35. The average Bonchev–Trinajstić information content (AvgIpc) is 2.95. The van der Waals surface area contributed by atoms with Gasteiger partial charge >= 0.3 is 0 Å². The molecule has 0 radical (unpaired) electrons. The van der Waals surface area contributed by atoms with Gasteiger partial charge in [-0.05, 0) is 24.5 Å². The Morgan fingerprint density at radius 2 is 2.05 bits per heavy atom. The molecular formula is C16H21N3O. The third-order valence-corrected chi connectivity index (χ3v) is 4.10. The van der Waals surface area contributed by atoms with Crippen molar-refractivity contribution in [3.63, 3.8) is 0 Å². The second kappa shape index (κ2) is 6.07. The zero-order chi connectivity index (χ0) is 13.8. The quantitative estimate of drug-likeness (QED) is 0.858. The van der Waals surface area contributed by atoms with Crippen molar-refractivity contribution in [3.05, 3.63) is 30.2 Å². The lowest BCUT2D eigenvalue weighted by atomic mass is 9.86. The topological polar surface area (TPSA) is 64.9 Å². The Morgan fingerprint density at radius 3 is 2.85 bits per heavy atom. The van der Waals surface area contributed by atoms with E-state index < -0.39 is 0 Å². The highest BCUT2D eigenvalue weighted by molar-refractivity contribution is 5.60. The van der Waals surface area contributed by atoms with Crippen molar-refractivity contribution in [2.24, 2.45) is 5.92 Å². The molecular weight excluding hydrogens is 250 g/mol. The van der Waals surface area contributed by atoms with Gasteiger partial charge in [-0.15, -0.1) is 0 Å². The van der Waals surface area contributed by atoms with Crippen LogP contribution in [0.3, 0.4) is 0 Å². The minimum atomic E-state index is 0.635. The molecule has 4 heteroatoms. The lowest BCUT2D eigenvalue weighted by Gasteiger charge is -2.20. The Balaban J connectivity index is 1.61. The predicted octanol–water partition coefficient (Wildman–Crippen LogP) is 3.83. The highest BCUT2D eigenvalue weighted by atomic mass is 16.5. The lowest BCUT2D eigenvalue weighted by molar-refractivity contribution is 0.315. The van der Waals surface area contributed by atoms with E-state index in [0.717, 1.165) is 29.5 Å². The molecule has 1 heterocycles. The van der Waals surface area contributed by atoms with Gasteiger partial charge in [-0.2, -0.15) is 4.98 Å². The molecule has 0 saturated heterocycles. The molecule has 0 bridgehead atoms. The lowest BCUT2D eigenvalue weighted by Crippen LogP contribution is -2.07. The average molecular weight is 271 g/mol. The van der Waals surface area contributed by atoms with E-state index in [2.05, 4.69) is 10.1 Å². The predicted molar refractivity (Wildman–Crippen MR) is 79.0 cm³/mol. The molecule has 0 aliphatic heterocycles. The molecule has 2 N–H and O–H groups in total. The summed E-state index contributed by atoms with van der Waals surface area (Å²) in [6.45, 7) is 0. The SMILES string of the molecule is Nc1cccc(-c2noc(CCC3CCCCC3)n2)c1. The van der Waals surface area contributed by atoms with Crippen LogP contribution in [0.1, 0.15) is 44.4 Å². The highest BCUT2D eigenvalue weighted by Gasteiger charge is 2.15. The standard InChI is InChI=1S/C16H21N3O/c17-14-8-4-7-13(11-14)16-18-15(20-19-16)10-9-12-5-2-1-3-6-12/h4,7-8,11-12H,1-3,5-6,9-10,17H2. The third kappa shape index (κ3) is 3.18. The van der Waals surface area contributed by atoms with Crippen molar-refractivity contribution in [2.45, 2.75) is 44.9 Å². The number of benzene rings is 1. The summed E-state index contributed by atoms with van der Waals surface area (Å²) in [4.78, 5) is 4.47. The van der Waals surface area contributed by atoms with Crippen LogP contribution in [0.5, 0.6) is 0 Å². The van der Waals surface area contributed by atoms with Gasteiger partial charge in [0.05, 0.1) is 0 Å². The van der Waals surface area contributed by atoms with Gasteiger partial charge in [0, 0.05) is 17.7 Å². The van der Waals surface area contributed by atoms with Crippen LogP contribution in [0.15, 0.2) is 28.8 Å². The molecule has 1 aromatic carbocycles. The fourth-order valence-corrected chi connectivity index (χ4v) is 2.95. The van der Waals surface area contributed by atoms with Crippen LogP contribution in [0.2, 0.25) is 0 Å². The number of nitrogen functional groups attached to an aromatic ring is 1. The summed E-state index contributed by atoms with van der Waals surface area (Å²) in [6, 6.07) is 7.58. The van der Waals surface area contributed by atoms with Gasteiger partial charge in [0.1, 0.15) is 0 Å². The second-order valence-corrected chi connectivity index (χ2v) is 5.68. The minimum Gasteiger partial charge on any atom is -0.399 e. The van der Waals surface area contributed by atoms with E-state index in [0.29, 0.717) is 5.82 Å². The summed E-state index contributed by atoms with van der Waals surface area (Å²) in [5.74, 6) is 2.22. The first kappa shape index (κ1) is 13.2. The third-order valence-electron chi connectivity index (χ3n) is 4.10. The van der Waals surface area contributed by atoms with E-state index in [-0.39, 0.29) is 0 Å². The van der Waals surface area contributed by atoms with Crippen molar-refractivity contribution in [3.8, 4) is 11.4 Å². The number of hydrogen-bond donors (Lipinski definition) is 1. The molecule has 1 aromatic heterocycles. The van der Waals surface area contributed by atoms with Crippen LogP contribution in [0, 0.1) is 5.92 Å². The van der Waals surface area contributed by atoms with Crippen molar-refractivity contribution in [1.29, 1.82) is 0 Å². The van der Waals surface area contributed by atoms with Crippen molar-refractivity contribution in [1.82, 2.24) is 10.1 Å². The molecule has 1 aliphatic carbocycles. The zero-order valence-corrected chi connectivity index (χ0v) is 11.7. The summed E-state index contributed by atoms with van der Waals surface area (Å²) in [6.07, 6.45) is 8.92. The molecule has 1 saturated carbocycles. The Labute approximate surface area is 119 Å². The Morgan fingerprint density at radius 1 is 1.20 bits per heavy atom. The van der Waals surface area contributed by atoms with E-state index in [4.69, 9.17) is 10.3 Å². The van der Waals surface area contributed by atoms with Crippen LogP contribution in [-0.4, -0.2) is 10.1 Å². The largest absolute Gasteiger partial charge is 0.399 e. The zero-order valence-electron chi connectivity index (χ0n) is 11.7. The number of anilines is 1. The molecule has 0 spiro atoms. The maximum absolute atomic E-state index is 5.77. The Kier molecular flexibility index (Phi) is 4.00. The molecule has 0 unspecified atom stereocenters. The first-order valence-corrected chi connectivity index (χ1v) is 7.50. The van der Waals surface area contributed by atoms with Gasteiger partial charge in [-0.3, -0.25) is 0 Å². The molecule has 2 aromatic rings. The highest BCUT2D eigenvalue weighted by Crippen LogP contribution is 2.27. The van der Waals surface area contributed by atoms with Gasteiger partial charge in [-0.25, -0.2) is 0 Å². The molecule has 1 aliphatic rings. The minimum absolute atomic E-state index is 0.635. The maximum atomic E-state index is 5.77. The number of aryl methyl sites for hydroxylation is 1. The van der Waals surface area contributed by atoms with Crippen molar-refractivity contribution >= 4 is 5.69 Å². The summed E-state index contributed by atoms with van der Waals surface area (Å²) >= 11 is 0. The number of hydrogen-bond acceptors (Lipinski definition) is 4. The second-order valence-electron chi connectivity index (χ2n) is 5.68. The summed E-state index contributed by atoms with van der Waals surface area (Å²) in [7, 11) is 0. The molecule has 1 fully saturated rings. The normalized spacial score (nSPS) is 16.4. The summed E-state index contributed by atoms with van der Waals surface area (Å²) in [5.41, 5.74) is 7.41. The number of rotatable bonds is 4. The van der Waals surface area contributed by atoms with E-state index in [1.54, 1.807) is 0 Å². The van der Waals surface area contributed by atoms with E-state index >= 15 is 0 Å². The molecule has 3 rings (SSSR count). The fraction of sp³-hybridized carbons (Fsp3) is 0.500. The smallest absolute Gasteiger partial charge is 0.226 e. The van der Waals surface area contributed by atoms with Crippen LogP contribution in [0.4, 0.5) is 5.69 Å². The van der Waals surface area contributed by atoms with E-state index in [9.17, 15) is 0 Å². The first-order chi connectivity index (χ1) is 9.81. The van der Waals surface area contributed by atoms with Crippen molar-refractivity contribution in [2.75, 3.05) is 5.73 Å². The molecule has 106 valence electrons. The monoisotopic (exact) mass is 271 g/mol. The van der Waals surface area contributed by atoms with Crippen LogP contribution in [-0.2, 0) is 6.42 Å². The van der Waals surface area contributed by atoms with E-state index in [1.165, 1.54) is 38.5 Å². The maximum Gasteiger partial charge on any atom is 0.226 e. The summed E-state index contributed by atoms with van der Waals surface area (Å²) in [5, 5.41) is 4.05. The first-order valence-electron chi connectivity index (χ1n) is 7.50.